The van der Waals surface area contributed by atoms with E-state index in [9.17, 15) is 4.79 Å². The molecule has 3 heterocycles. The van der Waals surface area contributed by atoms with Crippen LogP contribution in [0.5, 0.6) is 0 Å². The maximum atomic E-state index is 13.1. The van der Waals surface area contributed by atoms with Crippen molar-refractivity contribution < 1.29 is 4.79 Å². The maximum absolute atomic E-state index is 13.1. The van der Waals surface area contributed by atoms with Crippen LogP contribution in [0.3, 0.4) is 0 Å². The molecule has 1 saturated heterocycles. The van der Waals surface area contributed by atoms with Crippen LogP contribution < -0.4 is 15.5 Å². The maximum Gasteiger partial charge on any atom is 0.274 e. The lowest BCUT2D eigenvalue weighted by Gasteiger charge is -2.29. The van der Waals surface area contributed by atoms with Crippen molar-refractivity contribution in [3.63, 3.8) is 0 Å². The molecule has 6 rings (SSSR count). The molecule has 3 aromatic carbocycles. The predicted octanol–water partition coefficient (Wildman–Crippen LogP) is 4.84. The first-order valence-corrected chi connectivity index (χ1v) is 13.1. The van der Waals surface area contributed by atoms with Crippen LogP contribution in [0.2, 0.25) is 0 Å². The number of nitrogens with one attached hydrogen (secondary N) is 2. The molecule has 7 nitrogen and oxygen atoms in total. The summed E-state index contributed by atoms with van der Waals surface area (Å²) in [6, 6.07) is 28.7. The van der Waals surface area contributed by atoms with Crippen LogP contribution in [0.1, 0.15) is 21.6 Å². The van der Waals surface area contributed by atoms with Crippen LogP contribution >= 0.6 is 0 Å². The summed E-state index contributed by atoms with van der Waals surface area (Å²) >= 11 is 0. The van der Waals surface area contributed by atoms with E-state index in [1.807, 2.05) is 24.3 Å². The number of fused-ring (bicyclic) bond motifs is 1. The first-order valence-electron chi connectivity index (χ1n) is 13.1. The van der Waals surface area contributed by atoms with Gasteiger partial charge in [-0.05, 0) is 53.8 Å². The molecule has 2 N–H and O–H groups in total. The van der Waals surface area contributed by atoms with E-state index in [4.69, 9.17) is 0 Å². The van der Waals surface area contributed by atoms with Gasteiger partial charge in [-0.25, -0.2) is 9.50 Å². The van der Waals surface area contributed by atoms with Gasteiger partial charge in [0.1, 0.15) is 5.69 Å². The van der Waals surface area contributed by atoms with E-state index in [-0.39, 0.29) is 5.91 Å². The number of hydrogen-bond donors (Lipinski definition) is 2. The van der Waals surface area contributed by atoms with Crippen LogP contribution in [0, 0.1) is 0 Å². The van der Waals surface area contributed by atoms with Gasteiger partial charge in [0.25, 0.3) is 5.91 Å². The molecule has 1 fully saturated rings. The summed E-state index contributed by atoms with van der Waals surface area (Å²) in [5, 5.41) is 10.8. The molecule has 1 aliphatic heterocycles. The summed E-state index contributed by atoms with van der Waals surface area (Å²) in [6.45, 7) is 3.83. The molecule has 0 saturated carbocycles. The minimum atomic E-state index is -0.242. The quantitative estimate of drug-likeness (QED) is 0.333. The highest BCUT2D eigenvalue weighted by Crippen LogP contribution is 2.25. The topological polar surface area (TPSA) is 74.6 Å². The van der Waals surface area contributed by atoms with E-state index in [2.05, 4.69) is 80.2 Å². The fourth-order valence-corrected chi connectivity index (χ4v) is 4.88. The van der Waals surface area contributed by atoms with Gasteiger partial charge in [0, 0.05) is 49.3 Å². The Hall–Kier alpha value is -4.49. The number of carbonyl (C=O) groups is 1. The lowest BCUT2D eigenvalue weighted by Crippen LogP contribution is -2.43. The zero-order valence-electron chi connectivity index (χ0n) is 21.2. The molecule has 38 heavy (non-hydrogen) atoms. The van der Waals surface area contributed by atoms with Gasteiger partial charge < -0.3 is 15.5 Å². The van der Waals surface area contributed by atoms with Gasteiger partial charge >= 0.3 is 0 Å². The highest BCUT2D eigenvalue weighted by molar-refractivity contribution is 6.03. The molecule has 2 aromatic heterocycles. The molecule has 0 aliphatic carbocycles. The minimum Gasteiger partial charge on any atom is -0.369 e. The third kappa shape index (κ3) is 5.28. The number of amides is 1. The molecule has 0 spiro atoms. The summed E-state index contributed by atoms with van der Waals surface area (Å²) in [5.74, 6) is -0.242. The van der Waals surface area contributed by atoms with Gasteiger partial charge in [-0.3, -0.25) is 4.79 Å². The van der Waals surface area contributed by atoms with Crippen molar-refractivity contribution in [1.82, 2.24) is 19.9 Å². The van der Waals surface area contributed by atoms with Crippen molar-refractivity contribution >= 4 is 22.9 Å². The van der Waals surface area contributed by atoms with E-state index in [1.54, 1.807) is 23.0 Å². The molecule has 7 heteroatoms. The number of anilines is 2. The van der Waals surface area contributed by atoms with E-state index in [0.717, 1.165) is 61.5 Å². The Balaban J connectivity index is 1.18. The van der Waals surface area contributed by atoms with Crippen molar-refractivity contribution in [2.75, 3.05) is 36.4 Å². The molecule has 0 bridgehead atoms. The predicted molar refractivity (Wildman–Crippen MR) is 152 cm³/mol. The van der Waals surface area contributed by atoms with Crippen molar-refractivity contribution in [3.05, 3.63) is 114 Å². The Labute approximate surface area is 222 Å². The highest BCUT2D eigenvalue weighted by atomic mass is 16.1. The number of piperazine rings is 1. The Bertz CT molecular complexity index is 1540. The van der Waals surface area contributed by atoms with E-state index in [0.29, 0.717) is 11.3 Å². The fraction of sp³-hybridized carbons (Fsp3) is 0.194. The van der Waals surface area contributed by atoms with Crippen LogP contribution in [0.25, 0.3) is 16.8 Å². The van der Waals surface area contributed by atoms with Gasteiger partial charge in [0.15, 0.2) is 5.65 Å². The second-order valence-electron chi connectivity index (χ2n) is 9.56. The number of aryl methyl sites for hydroxylation is 2. The Morgan fingerprint density at radius 2 is 1.63 bits per heavy atom. The lowest BCUT2D eigenvalue weighted by molar-refractivity contribution is 0.102. The third-order valence-electron chi connectivity index (χ3n) is 7.00. The number of rotatable bonds is 7. The van der Waals surface area contributed by atoms with Crippen molar-refractivity contribution in [3.8, 4) is 11.1 Å². The summed E-state index contributed by atoms with van der Waals surface area (Å²) in [6.07, 6.45) is 5.58. The van der Waals surface area contributed by atoms with Gasteiger partial charge in [-0.1, -0.05) is 60.7 Å². The number of nitrogens with zero attached hydrogens (tertiary/aromatic N) is 4. The largest absolute Gasteiger partial charge is 0.369 e. The van der Waals surface area contributed by atoms with Gasteiger partial charge in [-0.15, -0.1) is 0 Å². The zero-order chi connectivity index (χ0) is 25.7. The zero-order valence-corrected chi connectivity index (χ0v) is 21.2. The smallest absolute Gasteiger partial charge is 0.274 e. The highest BCUT2D eigenvalue weighted by Gasteiger charge is 2.15. The number of benzene rings is 3. The summed E-state index contributed by atoms with van der Waals surface area (Å²) in [7, 11) is 0. The monoisotopic (exact) mass is 502 g/mol. The molecule has 0 radical (unpaired) electrons. The first-order chi connectivity index (χ1) is 18.7. The number of aromatic nitrogens is 3. The Morgan fingerprint density at radius 1 is 0.868 bits per heavy atom. The first kappa shape index (κ1) is 23.9. The fourth-order valence-electron chi connectivity index (χ4n) is 4.88. The van der Waals surface area contributed by atoms with Crippen LogP contribution in [0.4, 0.5) is 11.4 Å². The average molecular weight is 503 g/mol. The lowest BCUT2D eigenvalue weighted by atomic mass is 10.0. The molecule has 0 unspecified atom stereocenters. The molecule has 0 atom stereocenters. The second-order valence-corrected chi connectivity index (χ2v) is 9.56. The minimum absolute atomic E-state index is 0.242. The van der Waals surface area contributed by atoms with Gasteiger partial charge in [-0.2, -0.15) is 5.10 Å². The van der Waals surface area contributed by atoms with E-state index < -0.39 is 0 Å². The SMILES string of the molecule is O=C(Nc1cccc(N2CCNCC2)c1)c1ccn2ncc(-c3ccc(CCc4ccccc4)cc3)c2n1. The van der Waals surface area contributed by atoms with Crippen molar-refractivity contribution in [2.45, 2.75) is 12.8 Å². The standard InChI is InChI=1S/C31H30N6O/c38-31(34-26-7-4-8-27(21-26)36-19-16-32-17-20-36)29-15-18-37-30(35-29)28(22-33-37)25-13-11-24(12-14-25)10-9-23-5-2-1-3-6-23/h1-8,11-15,18,21-22,32H,9-10,16-17,19-20H2,(H,34,38). The third-order valence-corrected chi connectivity index (χ3v) is 7.00. The van der Waals surface area contributed by atoms with Crippen LogP contribution in [-0.2, 0) is 12.8 Å². The number of carbonyl (C=O) groups excluding carboxylic acids is 1. The summed E-state index contributed by atoms with van der Waals surface area (Å²) < 4.78 is 1.71. The second kappa shape index (κ2) is 10.9. The van der Waals surface area contributed by atoms with Gasteiger partial charge in [0.2, 0.25) is 0 Å². The molecule has 190 valence electrons. The Kier molecular flexibility index (Phi) is 6.83. The van der Waals surface area contributed by atoms with E-state index in [1.165, 1.54) is 11.1 Å². The molecule has 1 aliphatic rings. The molecular weight excluding hydrogens is 472 g/mol. The van der Waals surface area contributed by atoms with Crippen LogP contribution in [0.15, 0.2) is 97.3 Å². The van der Waals surface area contributed by atoms with E-state index >= 15 is 0 Å². The number of hydrogen-bond acceptors (Lipinski definition) is 5. The van der Waals surface area contributed by atoms with Gasteiger partial charge in [0.05, 0.1) is 6.20 Å². The summed E-state index contributed by atoms with van der Waals surface area (Å²) in [5.41, 5.74) is 7.42. The summed E-state index contributed by atoms with van der Waals surface area (Å²) in [4.78, 5) is 20.1. The molecule has 1 amide bonds. The molecule has 5 aromatic rings. The Morgan fingerprint density at radius 3 is 2.42 bits per heavy atom. The normalized spacial score (nSPS) is 13.5. The van der Waals surface area contributed by atoms with Crippen LogP contribution in [-0.4, -0.2) is 46.7 Å². The molecular formula is C31H30N6O. The van der Waals surface area contributed by atoms with Crippen molar-refractivity contribution in [1.29, 1.82) is 0 Å². The average Bonchev–Trinajstić information content (AvgIpc) is 3.41. The van der Waals surface area contributed by atoms with Crippen molar-refractivity contribution in [2.24, 2.45) is 0 Å².